The summed E-state index contributed by atoms with van der Waals surface area (Å²) in [6, 6.07) is 7.95. The number of likely N-dealkylation sites (tertiary alicyclic amines) is 1. The van der Waals surface area contributed by atoms with Crippen molar-refractivity contribution in [3.8, 4) is 0 Å². The van der Waals surface area contributed by atoms with E-state index in [1.807, 2.05) is 37.4 Å². The maximum atomic E-state index is 10.8. The molecule has 0 bridgehead atoms. The van der Waals surface area contributed by atoms with Crippen molar-refractivity contribution in [2.24, 2.45) is 0 Å². The molecular formula is C18H24N2O2. The van der Waals surface area contributed by atoms with Crippen LogP contribution >= 0.6 is 0 Å². The van der Waals surface area contributed by atoms with E-state index in [9.17, 15) is 5.11 Å². The number of rotatable bonds is 5. The molecule has 1 N–H and O–H groups in total. The van der Waals surface area contributed by atoms with E-state index in [-0.39, 0.29) is 0 Å². The molecule has 2 aromatic heterocycles. The van der Waals surface area contributed by atoms with Crippen molar-refractivity contribution in [3.63, 3.8) is 0 Å². The van der Waals surface area contributed by atoms with Crippen LogP contribution in [0.1, 0.15) is 36.3 Å². The standard InChI is InChI=1S/C18H24N2O2/c1-15-6-7-17(19-14-15)18(21)8-11-20(12-9-18)10-2-4-16-5-3-13-22-16/h3,5-7,13-14,21H,2,4,8-12H2,1H3. The van der Waals surface area contributed by atoms with Gasteiger partial charge in [-0.3, -0.25) is 4.98 Å². The molecule has 0 unspecified atom stereocenters. The average molecular weight is 300 g/mol. The van der Waals surface area contributed by atoms with Gasteiger partial charge >= 0.3 is 0 Å². The molecule has 1 aliphatic rings. The van der Waals surface area contributed by atoms with Gasteiger partial charge in [0, 0.05) is 25.7 Å². The number of aliphatic hydroxyl groups is 1. The fraction of sp³-hybridized carbons (Fsp3) is 0.500. The van der Waals surface area contributed by atoms with Crippen LogP contribution < -0.4 is 0 Å². The molecule has 0 atom stereocenters. The van der Waals surface area contributed by atoms with E-state index in [4.69, 9.17) is 4.42 Å². The summed E-state index contributed by atoms with van der Waals surface area (Å²) in [5, 5.41) is 10.8. The number of hydrogen-bond donors (Lipinski definition) is 1. The first-order valence-corrected chi connectivity index (χ1v) is 8.06. The van der Waals surface area contributed by atoms with Gasteiger partial charge in [-0.05, 0) is 56.5 Å². The molecule has 22 heavy (non-hydrogen) atoms. The first kappa shape index (κ1) is 15.3. The molecule has 0 amide bonds. The molecule has 4 nitrogen and oxygen atoms in total. The van der Waals surface area contributed by atoms with E-state index in [0.29, 0.717) is 0 Å². The van der Waals surface area contributed by atoms with E-state index in [2.05, 4.69) is 9.88 Å². The Kier molecular flexibility index (Phi) is 4.60. The minimum atomic E-state index is -0.759. The molecule has 0 spiro atoms. The number of pyridine rings is 1. The van der Waals surface area contributed by atoms with Crippen molar-refractivity contribution in [1.29, 1.82) is 0 Å². The minimum absolute atomic E-state index is 0.754. The van der Waals surface area contributed by atoms with Crippen LogP contribution in [-0.2, 0) is 12.0 Å². The van der Waals surface area contributed by atoms with Crippen LogP contribution in [0.2, 0.25) is 0 Å². The highest BCUT2D eigenvalue weighted by Gasteiger charge is 2.34. The summed E-state index contributed by atoms with van der Waals surface area (Å²) < 4.78 is 5.36. The fourth-order valence-corrected chi connectivity index (χ4v) is 3.08. The number of aromatic nitrogens is 1. The minimum Gasteiger partial charge on any atom is -0.469 e. The van der Waals surface area contributed by atoms with Crippen molar-refractivity contribution in [2.45, 2.75) is 38.2 Å². The van der Waals surface area contributed by atoms with E-state index >= 15 is 0 Å². The van der Waals surface area contributed by atoms with Crippen molar-refractivity contribution in [1.82, 2.24) is 9.88 Å². The summed E-state index contributed by atoms with van der Waals surface area (Å²) in [7, 11) is 0. The summed E-state index contributed by atoms with van der Waals surface area (Å²) in [6.45, 7) is 4.91. The summed E-state index contributed by atoms with van der Waals surface area (Å²) in [6.07, 6.45) is 7.14. The number of hydrogen-bond acceptors (Lipinski definition) is 4. The molecule has 0 radical (unpaired) electrons. The Labute approximate surface area is 131 Å². The molecule has 3 rings (SSSR count). The van der Waals surface area contributed by atoms with Crippen LogP contribution in [0.15, 0.2) is 41.1 Å². The van der Waals surface area contributed by atoms with Crippen LogP contribution in [0.4, 0.5) is 0 Å². The molecule has 1 saturated heterocycles. The van der Waals surface area contributed by atoms with Crippen LogP contribution in [0, 0.1) is 6.92 Å². The molecule has 0 saturated carbocycles. The summed E-state index contributed by atoms with van der Waals surface area (Å²) in [4.78, 5) is 6.84. The monoisotopic (exact) mass is 300 g/mol. The number of nitrogens with zero attached hydrogens (tertiary/aromatic N) is 2. The zero-order chi connectivity index (χ0) is 15.4. The van der Waals surface area contributed by atoms with E-state index in [1.54, 1.807) is 6.26 Å². The fourth-order valence-electron chi connectivity index (χ4n) is 3.08. The lowest BCUT2D eigenvalue weighted by Gasteiger charge is -2.37. The highest BCUT2D eigenvalue weighted by atomic mass is 16.3. The molecule has 2 aromatic rings. The Balaban J connectivity index is 1.48. The van der Waals surface area contributed by atoms with Crippen molar-refractivity contribution in [2.75, 3.05) is 19.6 Å². The average Bonchev–Trinajstić information content (AvgIpc) is 3.03. The van der Waals surface area contributed by atoms with Gasteiger partial charge in [0.1, 0.15) is 11.4 Å². The Morgan fingerprint density at radius 3 is 2.73 bits per heavy atom. The summed E-state index contributed by atoms with van der Waals surface area (Å²) in [5.74, 6) is 1.05. The quantitative estimate of drug-likeness (QED) is 0.922. The van der Waals surface area contributed by atoms with Crippen molar-refractivity contribution in [3.05, 3.63) is 53.7 Å². The lowest BCUT2D eigenvalue weighted by Crippen LogP contribution is -2.43. The normalized spacial score (nSPS) is 18.5. The second kappa shape index (κ2) is 6.63. The lowest BCUT2D eigenvalue weighted by atomic mass is 9.87. The molecule has 4 heteroatoms. The maximum Gasteiger partial charge on any atom is 0.109 e. The van der Waals surface area contributed by atoms with E-state index < -0.39 is 5.60 Å². The predicted octanol–water partition coefficient (Wildman–Crippen LogP) is 2.90. The van der Waals surface area contributed by atoms with E-state index in [1.165, 1.54) is 0 Å². The van der Waals surface area contributed by atoms with Gasteiger partial charge in [0.2, 0.25) is 0 Å². The van der Waals surface area contributed by atoms with Gasteiger partial charge in [-0.25, -0.2) is 0 Å². The highest BCUT2D eigenvalue weighted by Crippen LogP contribution is 2.31. The lowest BCUT2D eigenvalue weighted by molar-refractivity contribution is -0.0294. The molecule has 3 heterocycles. The third-order valence-corrected chi connectivity index (χ3v) is 4.55. The molecular weight excluding hydrogens is 276 g/mol. The number of piperidine rings is 1. The van der Waals surface area contributed by atoms with Crippen molar-refractivity contribution >= 4 is 0 Å². The Morgan fingerprint density at radius 1 is 1.27 bits per heavy atom. The number of aryl methyl sites for hydroxylation is 2. The summed E-state index contributed by atoms with van der Waals surface area (Å²) >= 11 is 0. The first-order valence-electron chi connectivity index (χ1n) is 8.06. The van der Waals surface area contributed by atoms with Gasteiger partial charge < -0.3 is 14.4 Å². The number of furan rings is 1. The SMILES string of the molecule is Cc1ccc(C2(O)CCN(CCCc3ccco3)CC2)nc1. The summed E-state index contributed by atoms with van der Waals surface area (Å²) in [5.41, 5.74) is 1.18. The third kappa shape index (κ3) is 3.57. The first-order chi connectivity index (χ1) is 10.7. The molecule has 1 fully saturated rings. The topological polar surface area (TPSA) is 49.5 Å². The third-order valence-electron chi connectivity index (χ3n) is 4.55. The van der Waals surface area contributed by atoms with Crippen LogP contribution in [0.3, 0.4) is 0 Å². The van der Waals surface area contributed by atoms with Gasteiger partial charge in [0.05, 0.1) is 12.0 Å². The highest BCUT2D eigenvalue weighted by molar-refractivity contribution is 5.18. The van der Waals surface area contributed by atoms with Crippen LogP contribution in [0.25, 0.3) is 0 Å². The smallest absolute Gasteiger partial charge is 0.109 e. The Hall–Kier alpha value is -1.65. The van der Waals surface area contributed by atoms with Crippen molar-refractivity contribution < 1.29 is 9.52 Å². The van der Waals surface area contributed by atoms with E-state index in [0.717, 1.165) is 62.3 Å². The second-order valence-electron chi connectivity index (χ2n) is 6.28. The van der Waals surface area contributed by atoms with Gasteiger partial charge in [-0.15, -0.1) is 0 Å². The van der Waals surface area contributed by atoms with Crippen LogP contribution in [-0.4, -0.2) is 34.6 Å². The zero-order valence-corrected chi connectivity index (χ0v) is 13.2. The molecule has 1 aliphatic heterocycles. The van der Waals surface area contributed by atoms with Gasteiger partial charge in [0.15, 0.2) is 0 Å². The van der Waals surface area contributed by atoms with Gasteiger partial charge in [-0.1, -0.05) is 6.07 Å². The Bertz CT molecular complexity index is 570. The molecule has 0 aromatic carbocycles. The predicted molar refractivity (Wildman–Crippen MR) is 85.6 cm³/mol. The molecule has 0 aliphatic carbocycles. The zero-order valence-electron chi connectivity index (χ0n) is 13.2. The molecule has 118 valence electrons. The Morgan fingerprint density at radius 2 is 2.09 bits per heavy atom. The maximum absolute atomic E-state index is 10.8. The largest absolute Gasteiger partial charge is 0.469 e. The second-order valence-corrected chi connectivity index (χ2v) is 6.28. The van der Waals surface area contributed by atoms with Gasteiger partial charge in [-0.2, -0.15) is 0 Å². The van der Waals surface area contributed by atoms with Crippen LogP contribution in [0.5, 0.6) is 0 Å². The van der Waals surface area contributed by atoms with Gasteiger partial charge in [0.25, 0.3) is 0 Å².